The van der Waals surface area contributed by atoms with Crippen molar-refractivity contribution in [3.05, 3.63) is 27.7 Å². The molecular weight excluding hydrogens is 266 g/mol. The molecule has 0 saturated heterocycles. The fourth-order valence-electron chi connectivity index (χ4n) is 1.71. The van der Waals surface area contributed by atoms with E-state index >= 15 is 0 Å². The van der Waals surface area contributed by atoms with Crippen LogP contribution in [0.1, 0.15) is 31.4 Å². The average Bonchev–Trinajstić information content (AvgIpc) is 2.15. The topological polar surface area (TPSA) is 35.2 Å². The highest BCUT2D eigenvalue weighted by Crippen LogP contribution is 2.29. The van der Waals surface area contributed by atoms with Gasteiger partial charge in [0, 0.05) is 10.5 Å². The summed E-state index contributed by atoms with van der Waals surface area (Å²) in [6, 6.07) is 4.33. The Hall–Kier alpha value is -0.540. The van der Waals surface area contributed by atoms with E-state index in [-0.39, 0.29) is 6.04 Å². The molecule has 0 bridgehead atoms. The number of halogens is 1. The van der Waals surface area contributed by atoms with E-state index in [1.54, 1.807) is 0 Å². The minimum absolute atomic E-state index is 0.151. The quantitative estimate of drug-likeness (QED) is 0.900. The SMILES string of the molecule is CCCOc1c(C)cc(Br)cc1CC(C)N. The van der Waals surface area contributed by atoms with Gasteiger partial charge in [0.05, 0.1) is 6.61 Å². The maximum atomic E-state index is 5.85. The van der Waals surface area contributed by atoms with Gasteiger partial charge in [0.1, 0.15) is 5.75 Å². The van der Waals surface area contributed by atoms with Gasteiger partial charge in [-0.15, -0.1) is 0 Å². The van der Waals surface area contributed by atoms with E-state index in [0.29, 0.717) is 0 Å². The molecule has 1 rings (SSSR count). The molecule has 0 spiro atoms. The summed E-state index contributed by atoms with van der Waals surface area (Å²) in [5.41, 5.74) is 8.21. The highest BCUT2D eigenvalue weighted by atomic mass is 79.9. The standard InChI is InChI=1S/C13H20BrNO/c1-4-5-16-13-9(2)6-12(14)8-11(13)7-10(3)15/h6,8,10H,4-5,7,15H2,1-3H3. The fourth-order valence-corrected chi connectivity index (χ4v) is 2.33. The van der Waals surface area contributed by atoms with Crippen LogP contribution in [-0.4, -0.2) is 12.6 Å². The van der Waals surface area contributed by atoms with Gasteiger partial charge in [-0.2, -0.15) is 0 Å². The van der Waals surface area contributed by atoms with Gasteiger partial charge in [0.25, 0.3) is 0 Å². The molecule has 2 nitrogen and oxygen atoms in total. The van der Waals surface area contributed by atoms with E-state index in [1.807, 2.05) is 6.92 Å². The first-order valence-corrected chi connectivity index (χ1v) is 6.51. The van der Waals surface area contributed by atoms with E-state index in [2.05, 4.69) is 41.9 Å². The van der Waals surface area contributed by atoms with Crippen LogP contribution in [0.15, 0.2) is 16.6 Å². The molecule has 0 saturated carbocycles. The van der Waals surface area contributed by atoms with Crippen LogP contribution in [0.3, 0.4) is 0 Å². The summed E-state index contributed by atoms with van der Waals surface area (Å²) in [5.74, 6) is 1.00. The van der Waals surface area contributed by atoms with Crippen molar-refractivity contribution >= 4 is 15.9 Å². The van der Waals surface area contributed by atoms with Crippen molar-refractivity contribution in [1.29, 1.82) is 0 Å². The maximum Gasteiger partial charge on any atom is 0.125 e. The van der Waals surface area contributed by atoms with Gasteiger partial charge in [0.2, 0.25) is 0 Å². The summed E-state index contributed by atoms with van der Waals surface area (Å²) >= 11 is 3.51. The summed E-state index contributed by atoms with van der Waals surface area (Å²) in [7, 11) is 0. The van der Waals surface area contributed by atoms with Crippen molar-refractivity contribution in [3.63, 3.8) is 0 Å². The molecule has 0 fully saturated rings. The van der Waals surface area contributed by atoms with Gasteiger partial charge in [-0.25, -0.2) is 0 Å². The van der Waals surface area contributed by atoms with Crippen LogP contribution in [0.4, 0.5) is 0 Å². The number of hydrogen-bond donors (Lipinski definition) is 1. The summed E-state index contributed by atoms with van der Waals surface area (Å²) in [4.78, 5) is 0. The van der Waals surface area contributed by atoms with E-state index < -0.39 is 0 Å². The summed E-state index contributed by atoms with van der Waals surface area (Å²) < 4.78 is 6.88. The smallest absolute Gasteiger partial charge is 0.125 e. The molecule has 0 aliphatic heterocycles. The highest BCUT2D eigenvalue weighted by Gasteiger charge is 2.10. The van der Waals surface area contributed by atoms with Gasteiger partial charge in [-0.3, -0.25) is 0 Å². The molecule has 1 atom stereocenters. The molecule has 1 aromatic carbocycles. The average molecular weight is 286 g/mol. The monoisotopic (exact) mass is 285 g/mol. The zero-order valence-corrected chi connectivity index (χ0v) is 11.8. The molecule has 0 aliphatic carbocycles. The lowest BCUT2D eigenvalue weighted by molar-refractivity contribution is 0.311. The second-order valence-electron chi connectivity index (χ2n) is 4.24. The Kier molecular flexibility index (Phi) is 5.29. The Balaban J connectivity index is 3.00. The Bertz CT molecular complexity index is 350. The van der Waals surface area contributed by atoms with Crippen molar-refractivity contribution < 1.29 is 4.74 Å². The summed E-state index contributed by atoms with van der Waals surface area (Å²) in [6.07, 6.45) is 1.87. The van der Waals surface area contributed by atoms with Gasteiger partial charge in [-0.1, -0.05) is 22.9 Å². The highest BCUT2D eigenvalue weighted by molar-refractivity contribution is 9.10. The molecular formula is C13H20BrNO. The maximum absolute atomic E-state index is 5.85. The second-order valence-corrected chi connectivity index (χ2v) is 5.16. The first-order chi connectivity index (χ1) is 7.54. The molecule has 0 radical (unpaired) electrons. The Labute approximate surface area is 106 Å². The fraction of sp³-hybridized carbons (Fsp3) is 0.538. The summed E-state index contributed by atoms with van der Waals surface area (Å²) in [5, 5.41) is 0. The molecule has 0 aliphatic rings. The van der Waals surface area contributed by atoms with Gasteiger partial charge in [0.15, 0.2) is 0 Å². The van der Waals surface area contributed by atoms with Crippen LogP contribution in [0.2, 0.25) is 0 Å². The van der Waals surface area contributed by atoms with Gasteiger partial charge in [-0.05, 0) is 49.9 Å². The molecule has 0 aromatic heterocycles. The van der Waals surface area contributed by atoms with E-state index in [1.165, 1.54) is 11.1 Å². The van der Waals surface area contributed by atoms with E-state index in [0.717, 1.165) is 29.7 Å². The Morgan fingerprint density at radius 3 is 2.69 bits per heavy atom. The third kappa shape index (κ3) is 3.80. The van der Waals surface area contributed by atoms with Crippen molar-refractivity contribution in [2.45, 2.75) is 39.7 Å². The van der Waals surface area contributed by atoms with Gasteiger partial charge < -0.3 is 10.5 Å². The Morgan fingerprint density at radius 1 is 1.44 bits per heavy atom. The largest absolute Gasteiger partial charge is 0.493 e. The van der Waals surface area contributed by atoms with E-state index in [4.69, 9.17) is 10.5 Å². The first kappa shape index (κ1) is 13.5. The number of ether oxygens (including phenoxy) is 1. The minimum atomic E-state index is 0.151. The lowest BCUT2D eigenvalue weighted by atomic mass is 10.0. The van der Waals surface area contributed by atoms with Crippen LogP contribution >= 0.6 is 15.9 Å². The predicted octanol–water partition coefficient (Wildman–Crippen LogP) is 3.44. The number of benzene rings is 1. The van der Waals surface area contributed by atoms with Crippen LogP contribution < -0.4 is 10.5 Å². The van der Waals surface area contributed by atoms with Crippen LogP contribution in [0, 0.1) is 6.92 Å². The molecule has 1 unspecified atom stereocenters. The van der Waals surface area contributed by atoms with Gasteiger partial charge >= 0.3 is 0 Å². The summed E-state index contributed by atoms with van der Waals surface area (Å²) in [6.45, 7) is 6.95. The normalized spacial score (nSPS) is 12.6. The van der Waals surface area contributed by atoms with Crippen LogP contribution in [0.25, 0.3) is 0 Å². The molecule has 1 aromatic rings. The molecule has 0 amide bonds. The van der Waals surface area contributed by atoms with Crippen molar-refractivity contribution in [2.24, 2.45) is 5.73 Å². The number of nitrogens with two attached hydrogens (primary N) is 1. The van der Waals surface area contributed by atoms with E-state index in [9.17, 15) is 0 Å². The Morgan fingerprint density at radius 2 is 2.12 bits per heavy atom. The zero-order valence-electron chi connectivity index (χ0n) is 10.2. The third-order valence-corrected chi connectivity index (χ3v) is 2.77. The predicted molar refractivity (Wildman–Crippen MR) is 72.0 cm³/mol. The first-order valence-electron chi connectivity index (χ1n) is 5.72. The zero-order chi connectivity index (χ0) is 12.1. The minimum Gasteiger partial charge on any atom is -0.493 e. The number of rotatable bonds is 5. The van der Waals surface area contributed by atoms with Crippen molar-refractivity contribution in [3.8, 4) is 5.75 Å². The van der Waals surface area contributed by atoms with Crippen molar-refractivity contribution in [2.75, 3.05) is 6.61 Å². The molecule has 0 heterocycles. The lowest BCUT2D eigenvalue weighted by Gasteiger charge is -2.16. The lowest BCUT2D eigenvalue weighted by Crippen LogP contribution is -2.18. The number of aryl methyl sites for hydroxylation is 1. The number of hydrogen-bond acceptors (Lipinski definition) is 2. The third-order valence-electron chi connectivity index (χ3n) is 2.31. The molecule has 2 N–H and O–H groups in total. The van der Waals surface area contributed by atoms with Crippen molar-refractivity contribution in [1.82, 2.24) is 0 Å². The second kappa shape index (κ2) is 6.26. The van der Waals surface area contributed by atoms with Crippen LogP contribution in [0.5, 0.6) is 5.75 Å². The molecule has 16 heavy (non-hydrogen) atoms. The molecule has 3 heteroatoms. The molecule has 90 valence electrons. The van der Waals surface area contributed by atoms with Crippen LogP contribution in [-0.2, 0) is 6.42 Å².